The summed E-state index contributed by atoms with van der Waals surface area (Å²) >= 11 is 11.6. The van der Waals surface area contributed by atoms with E-state index in [1.807, 2.05) is 6.66 Å². The molecule has 0 heterocycles. The average molecular weight is 267 g/mol. The van der Waals surface area contributed by atoms with Crippen LogP contribution in [0.15, 0.2) is 12.1 Å². The first kappa shape index (κ1) is 14.7. The summed E-state index contributed by atoms with van der Waals surface area (Å²) < 4.78 is 4.98. The van der Waals surface area contributed by atoms with Gasteiger partial charge in [0.15, 0.2) is 5.78 Å². The minimum Gasteiger partial charge on any atom is -0.494 e. The van der Waals surface area contributed by atoms with Gasteiger partial charge >= 0.3 is 0 Å². The van der Waals surface area contributed by atoms with Crippen molar-refractivity contribution in [1.82, 2.24) is 0 Å². The van der Waals surface area contributed by atoms with E-state index in [0.717, 1.165) is 0 Å². The maximum Gasteiger partial charge on any atom is 0.165 e. The van der Waals surface area contributed by atoms with E-state index in [-0.39, 0.29) is 5.78 Å². The fourth-order valence-electron chi connectivity index (χ4n) is 1.06. The number of Topliss-reactive ketones (excluding diaryl/α,β-unsaturated/α-hetero) is 1. The molecule has 15 heavy (non-hydrogen) atoms. The topological polar surface area (TPSA) is 26.3 Å². The first-order chi connectivity index (χ1) is 7.07. The molecule has 0 saturated carbocycles. The lowest BCUT2D eigenvalue weighted by atomic mass is 10.1. The molecule has 0 spiro atoms. The molecule has 0 saturated heterocycles. The number of ketones is 1. The van der Waals surface area contributed by atoms with E-state index in [4.69, 9.17) is 27.9 Å². The van der Waals surface area contributed by atoms with Gasteiger partial charge in [0.2, 0.25) is 0 Å². The van der Waals surface area contributed by atoms with Crippen molar-refractivity contribution in [2.24, 2.45) is 0 Å². The summed E-state index contributed by atoms with van der Waals surface area (Å²) in [4.78, 5) is 11.2. The molecular formula is C10H13Cl2O2P. The Morgan fingerprint density at radius 1 is 1.27 bits per heavy atom. The van der Waals surface area contributed by atoms with E-state index < -0.39 is 0 Å². The number of benzene rings is 1. The van der Waals surface area contributed by atoms with Gasteiger partial charge in [0.25, 0.3) is 0 Å². The molecule has 0 bridgehead atoms. The van der Waals surface area contributed by atoms with Crippen molar-refractivity contribution in [2.45, 2.75) is 6.92 Å². The summed E-state index contributed by atoms with van der Waals surface area (Å²) in [5.41, 5.74) is 0.330. The minimum atomic E-state index is -0.163. The van der Waals surface area contributed by atoms with Crippen LogP contribution in [0.2, 0.25) is 10.0 Å². The lowest BCUT2D eigenvalue weighted by molar-refractivity contribution is 0.101. The minimum absolute atomic E-state index is 0.163. The van der Waals surface area contributed by atoms with Crippen LogP contribution < -0.4 is 4.74 Å². The van der Waals surface area contributed by atoms with Gasteiger partial charge in [-0.3, -0.25) is 4.79 Å². The Kier molecular flexibility index (Phi) is 6.91. The van der Waals surface area contributed by atoms with Gasteiger partial charge in [0, 0.05) is 0 Å². The molecule has 0 aliphatic carbocycles. The molecule has 5 heteroatoms. The van der Waals surface area contributed by atoms with E-state index >= 15 is 0 Å². The maximum atomic E-state index is 11.2. The summed E-state index contributed by atoms with van der Waals surface area (Å²) in [5.74, 6) is 0.172. The Hall–Kier alpha value is -0.300. The van der Waals surface area contributed by atoms with Crippen molar-refractivity contribution >= 4 is 38.2 Å². The molecule has 1 rings (SSSR count). The number of hydrogen-bond acceptors (Lipinski definition) is 2. The largest absolute Gasteiger partial charge is 0.494 e. The number of carbonyl (C=O) groups is 1. The summed E-state index contributed by atoms with van der Waals surface area (Å²) in [6, 6.07) is 3.16. The molecule has 0 amide bonds. The lowest BCUT2D eigenvalue weighted by Gasteiger charge is -2.08. The highest BCUT2D eigenvalue weighted by Crippen LogP contribution is 2.33. The van der Waals surface area contributed by atoms with Gasteiger partial charge in [-0.25, -0.2) is 0 Å². The summed E-state index contributed by atoms with van der Waals surface area (Å²) in [5, 5.41) is 0.742. The van der Waals surface area contributed by atoms with E-state index in [9.17, 15) is 4.79 Å². The molecule has 2 nitrogen and oxygen atoms in total. The first-order valence-electron chi connectivity index (χ1n) is 4.18. The van der Waals surface area contributed by atoms with Crippen LogP contribution in [0.4, 0.5) is 0 Å². The highest BCUT2D eigenvalue weighted by Gasteiger charge is 2.15. The molecule has 0 fully saturated rings. The molecular weight excluding hydrogens is 254 g/mol. The van der Waals surface area contributed by atoms with Gasteiger partial charge in [-0.05, 0) is 19.1 Å². The average Bonchev–Trinajstić information content (AvgIpc) is 2.23. The molecule has 0 aliphatic rings. The standard InChI is InChI=1S/C9H8Cl2O2.CH5P/c1-5(12)8-6(10)3-4-7(11)9(8)13-2;1-2/h3-4H,1-2H3;2H2,1H3. The van der Waals surface area contributed by atoms with E-state index in [0.29, 0.717) is 21.4 Å². The van der Waals surface area contributed by atoms with Gasteiger partial charge in [-0.1, -0.05) is 29.9 Å². The number of rotatable bonds is 2. The summed E-state index contributed by atoms with van der Waals surface area (Å²) in [6.45, 7) is 3.33. The van der Waals surface area contributed by atoms with Crippen LogP contribution in [-0.2, 0) is 0 Å². The number of ether oxygens (including phenoxy) is 1. The number of hydrogen-bond donors (Lipinski definition) is 0. The molecule has 1 aromatic carbocycles. The van der Waals surface area contributed by atoms with Crippen LogP contribution in [0, 0.1) is 0 Å². The zero-order valence-electron chi connectivity index (χ0n) is 8.80. The van der Waals surface area contributed by atoms with Gasteiger partial charge in [-0.2, -0.15) is 0 Å². The molecule has 0 N–H and O–H groups in total. The van der Waals surface area contributed by atoms with Crippen molar-refractivity contribution in [3.8, 4) is 5.75 Å². The van der Waals surface area contributed by atoms with Crippen LogP contribution in [0.1, 0.15) is 17.3 Å². The summed E-state index contributed by atoms with van der Waals surface area (Å²) in [7, 11) is 3.87. The highest BCUT2D eigenvalue weighted by molar-refractivity contribution is 7.15. The molecule has 84 valence electrons. The Bertz CT molecular complexity index is 354. The Morgan fingerprint density at radius 3 is 2.07 bits per heavy atom. The van der Waals surface area contributed by atoms with Crippen molar-refractivity contribution in [3.63, 3.8) is 0 Å². The van der Waals surface area contributed by atoms with Crippen LogP contribution in [0.25, 0.3) is 0 Å². The third kappa shape index (κ3) is 3.64. The molecule has 1 unspecified atom stereocenters. The van der Waals surface area contributed by atoms with E-state index in [1.165, 1.54) is 14.0 Å². The monoisotopic (exact) mass is 266 g/mol. The van der Waals surface area contributed by atoms with E-state index in [1.54, 1.807) is 12.1 Å². The van der Waals surface area contributed by atoms with E-state index in [2.05, 4.69) is 9.24 Å². The quantitative estimate of drug-likeness (QED) is 0.603. The number of methoxy groups -OCH3 is 1. The van der Waals surface area contributed by atoms with Crippen LogP contribution in [0.3, 0.4) is 0 Å². The molecule has 1 aromatic rings. The van der Waals surface area contributed by atoms with Crippen LogP contribution >= 0.6 is 32.4 Å². The third-order valence-corrected chi connectivity index (χ3v) is 2.23. The fraction of sp³-hybridized carbons (Fsp3) is 0.300. The zero-order chi connectivity index (χ0) is 12.0. The smallest absolute Gasteiger partial charge is 0.165 e. The van der Waals surface area contributed by atoms with Crippen LogP contribution in [-0.4, -0.2) is 19.6 Å². The first-order valence-corrected chi connectivity index (χ1v) is 6.09. The van der Waals surface area contributed by atoms with Gasteiger partial charge in [0.05, 0.1) is 22.7 Å². The highest BCUT2D eigenvalue weighted by atomic mass is 35.5. The second kappa shape index (κ2) is 7.05. The van der Waals surface area contributed by atoms with Crippen molar-refractivity contribution < 1.29 is 9.53 Å². The van der Waals surface area contributed by atoms with Gasteiger partial charge in [-0.15, -0.1) is 9.24 Å². The fourth-order valence-corrected chi connectivity index (χ4v) is 1.58. The molecule has 0 aromatic heterocycles. The summed E-state index contributed by atoms with van der Waals surface area (Å²) in [6.07, 6.45) is 0. The SMILES string of the molecule is COc1c(Cl)ccc(Cl)c1C(C)=O.CP. The van der Waals surface area contributed by atoms with Gasteiger partial charge in [0.1, 0.15) is 5.75 Å². The van der Waals surface area contributed by atoms with Crippen molar-refractivity contribution in [2.75, 3.05) is 13.8 Å². The second-order valence-electron chi connectivity index (χ2n) is 2.49. The van der Waals surface area contributed by atoms with Crippen molar-refractivity contribution in [1.29, 1.82) is 0 Å². The number of carbonyl (C=O) groups excluding carboxylic acids is 1. The van der Waals surface area contributed by atoms with Crippen molar-refractivity contribution in [3.05, 3.63) is 27.7 Å². The maximum absolute atomic E-state index is 11.2. The molecule has 0 aliphatic heterocycles. The molecule has 1 atom stereocenters. The Morgan fingerprint density at radius 2 is 1.73 bits per heavy atom. The third-order valence-electron chi connectivity index (χ3n) is 1.61. The van der Waals surface area contributed by atoms with Crippen LogP contribution in [0.5, 0.6) is 5.75 Å². The molecule has 0 radical (unpaired) electrons. The zero-order valence-corrected chi connectivity index (χ0v) is 11.5. The second-order valence-corrected chi connectivity index (χ2v) is 3.31. The number of halogens is 2. The predicted molar refractivity (Wildman–Crippen MR) is 68.7 cm³/mol. The normalized spacial score (nSPS) is 8.93. The Balaban J connectivity index is 0.000000921. The lowest BCUT2D eigenvalue weighted by Crippen LogP contribution is -1.99. The predicted octanol–water partition coefficient (Wildman–Crippen LogP) is 3.70. The van der Waals surface area contributed by atoms with Gasteiger partial charge < -0.3 is 4.74 Å². The Labute approximate surface area is 102 Å².